The average Bonchev–Trinajstić information content (AvgIpc) is 2.06. The second-order valence-corrected chi connectivity index (χ2v) is 2.55. The van der Waals surface area contributed by atoms with E-state index in [0.29, 0.717) is 0 Å². The molecule has 3 nitrogen and oxygen atoms in total. The second-order valence-electron chi connectivity index (χ2n) is 2.55. The van der Waals surface area contributed by atoms with Crippen molar-refractivity contribution in [3.63, 3.8) is 0 Å². The molecule has 0 bridgehead atoms. The van der Waals surface area contributed by atoms with Crippen molar-refractivity contribution in [3.8, 4) is 0 Å². The Bertz CT molecular complexity index is 430. The summed E-state index contributed by atoms with van der Waals surface area (Å²) in [6.07, 6.45) is 7.65. The van der Waals surface area contributed by atoms with E-state index in [-0.39, 0.29) is 5.56 Å². The molecular formula is C8H8N2O. The van der Waals surface area contributed by atoms with E-state index in [9.17, 15) is 4.79 Å². The molecule has 0 saturated carbocycles. The van der Waals surface area contributed by atoms with Gasteiger partial charge in [-0.15, -0.1) is 0 Å². The molecule has 0 aliphatic heterocycles. The molecule has 1 aliphatic rings. The average molecular weight is 148 g/mol. The predicted molar refractivity (Wildman–Crippen MR) is 42.3 cm³/mol. The molecule has 0 saturated heterocycles. The fraction of sp³-hybridized carbons (Fsp3) is 0.250. The van der Waals surface area contributed by atoms with Crippen LogP contribution in [0.4, 0.5) is 0 Å². The first kappa shape index (κ1) is 6.34. The molecule has 0 amide bonds. The van der Waals surface area contributed by atoms with Crippen molar-refractivity contribution in [2.45, 2.75) is 12.8 Å². The number of aromatic amines is 1. The number of hydrogen-bond donors (Lipinski definition) is 1. The fourth-order valence-electron chi connectivity index (χ4n) is 1.26. The molecule has 11 heavy (non-hydrogen) atoms. The standard InChI is InChI=1S/C8H8N2O/c11-8-7-4-2-1-3-6(7)5-9-10-8/h3-5H,1-2H2,(H,10,11). The highest BCUT2D eigenvalue weighted by atomic mass is 16.1. The number of aromatic nitrogens is 2. The summed E-state index contributed by atoms with van der Waals surface area (Å²) in [4.78, 5) is 11.1. The normalized spacial score (nSPS) is 14.5. The van der Waals surface area contributed by atoms with Gasteiger partial charge in [0, 0.05) is 10.4 Å². The lowest BCUT2D eigenvalue weighted by Gasteiger charge is -1.95. The van der Waals surface area contributed by atoms with E-state index in [4.69, 9.17) is 0 Å². The van der Waals surface area contributed by atoms with Gasteiger partial charge in [0.2, 0.25) is 0 Å². The summed E-state index contributed by atoms with van der Waals surface area (Å²) in [6.45, 7) is 0. The lowest BCUT2D eigenvalue weighted by molar-refractivity contribution is 0.947. The van der Waals surface area contributed by atoms with Crippen molar-refractivity contribution in [2.24, 2.45) is 0 Å². The molecular weight excluding hydrogens is 140 g/mol. The molecule has 1 aromatic heterocycles. The van der Waals surface area contributed by atoms with Crippen LogP contribution in [0.15, 0.2) is 11.0 Å². The summed E-state index contributed by atoms with van der Waals surface area (Å²) in [7, 11) is 0. The number of hydrogen-bond acceptors (Lipinski definition) is 2. The molecule has 0 atom stereocenters. The first-order valence-corrected chi connectivity index (χ1v) is 3.62. The van der Waals surface area contributed by atoms with E-state index < -0.39 is 0 Å². The second kappa shape index (κ2) is 2.34. The van der Waals surface area contributed by atoms with Crippen molar-refractivity contribution in [2.75, 3.05) is 0 Å². The smallest absolute Gasteiger partial charge is 0.267 e. The predicted octanol–water partition coefficient (Wildman–Crippen LogP) is -0.875. The van der Waals surface area contributed by atoms with Gasteiger partial charge in [-0.2, -0.15) is 5.10 Å². The number of nitrogens with zero attached hydrogens (tertiary/aromatic N) is 1. The van der Waals surface area contributed by atoms with E-state index in [1.807, 2.05) is 12.2 Å². The molecule has 2 rings (SSSR count). The fourth-order valence-corrected chi connectivity index (χ4v) is 1.26. The van der Waals surface area contributed by atoms with Gasteiger partial charge in [-0.1, -0.05) is 12.2 Å². The molecule has 0 aromatic carbocycles. The van der Waals surface area contributed by atoms with E-state index in [0.717, 1.165) is 23.3 Å². The summed E-state index contributed by atoms with van der Waals surface area (Å²) in [6, 6.07) is 0. The third-order valence-electron chi connectivity index (χ3n) is 1.80. The molecule has 0 fully saturated rings. The van der Waals surface area contributed by atoms with E-state index in [2.05, 4.69) is 10.2 Å². The van der Waals surface area contributed by atoms with Gasteiger partial charge in [-0.05, 0) is 12.8 Å². The molecule has 0 unspecified atom stereocenters. The zero-order valence-electron chi connectivity index (χ0n) is 6.00. The summed E-state index contributed by atoms with van der Waals surface area (Å²) in [5.74, 6) is 0. The Morgan fingerprint density at radius 3 is 3.00 bits per heavy atom. The SMILES string of the molecule is O=c1[nH]ncc2c1=CCCC=2. The molecule has 56 valence electrons. The Balaban J connectivity index is 3.00. The van der Waals surface area contributed by atoms with Crippen LogP contribution < -0.4 is 16.0 Å². The number of nitrogens with one attached hydrogen (secondary N) is 1. The highest BCUT2D eigenvalue weighted by molar-refractivity contribution is 5.35. The zero-order chi connectivity index (χ0) is 7.68. The van der Waals surface area contributed by atoms with Gasteiger partial charge in [-0.3, -0.25) is 4.79 Å². The van der Waals surface area contributed by atoms with Crippen molar-refractivity contribution in [3.05, 3.63) is 27.0 Å². The molecule has 0 spiro atoms. The summed E-state index contributed by atoms with van der Waals surface area (Å²) in [5.41, 5.74) is -0.0848. The number of rotatable bonds is 0. The molecule has 1 aliphatic carbocycles. The van der Waals surface area contributed by atoms with Crippen LogP contribution in [-0.2, 0) is 0 Å². The third-order valence-corrected chi connectivity index (χ3v) is 1.80. The zero-order valence-corrected chi connectivity index (χ0v) is 6.00. The van der Waals surface area contributed by atoms with Gasteiger partial charge < -0.3 is 0 Å². The Hall–Kier alpha value is -1.38. The van der Waals surface area contributed by atoms with Crippen molar-refractivity contribution in [1.29, 1.82) is 0 Å². The minimum absolute atomic E-state index is 0.0848. The Kier molecular flexibility index (Phi) is 1.35. The Morgan fingerprint density at radius 2 is 2.18 bits per heavy atom. The van der Waals surface area contributed by atoms with Crippen LogP contribution >= 0.6 is 0 Å². The molecule has 1 N–H and O–H groups in total. The first-order valence-electron chi connectivity index (χ1n) is 3.62. The number of H-pyrrole nitrogens is 1. The van der Waals surface area contributed by atoms with E-state index in [1.54, 1.807) is 6.20 Å². The maximum absolute atomic E-state index is 11.1. The van der Waals surface area contributed by atoms with E-state index in [1.165, 1.54) is 0 Å². The number of fused-ring (bicyclic) bond motifs is 1. The lowest BCUT2D eigenvalue weighted by Crippen LogP contribution is -2.42. The maximum atomic E-state index is 11.1. The van der Waals surface area contributed by atoms with Gasteiger partial charge in [0.1, 0.15) is 0 Å². The van der Waals surface area contributed by atoms with Gasteiger partial charge in [-0.25, -0.2) is 5.10 Å². The van der Waals surface area contributed by atoms with Crippen LogP contribution in [0.3, 0.4) is 0 Å². The maximum Gasteiger partial charge on any atom is 0.271 e. The quantitative estimate of drug-likeness (QED) is 0.519. The molecule has 0 radical (unpaired) electrons. The van der Waals surface area contributed by atoms with Crippen LogP contribution in [-0.4, -0.2) is 10.2 Å². The lowest BCUT2D eigenvalue weighted by atomic mass is 10.1. The van der Waals surface area contributed by atoms with Gasteiger partial charge in [0.15, 0.2) is 0 Å². The topological polar surface area (TPSA) is 45.8 Å². The minimum Gasteiger partial charge on any atom is -0.267 e. The Labute approximate surface area is 63.1 Å². The van der Waals surface area contributed by atoms with Crippen LogP contribution in [0.25, 0.3) is 12.2 Å². The van der Waals surface area contributed by atoms with Crippen molar-refractivity contribution >= 4 is 12.2 Å². The molecule has 3 heteroatoms. The van der Waals surface area contributed by atoms with Crippen molar-refractivity contribution in [1.82, 2.24) is 10.2 Å². The summed E-state index contributed by atoms with van der Waals surface area (Å²) >= 11 is 0. The molecule has 1 aromatic rings. The van der Waals surface area contributed by atoms with Gasteiger partial charge in [0.05, 0.1) is 6.20 Å². The van der Waals surface area contributed by atoms with Gasteiger partial charge >= 0.3 is 0 Å². The van der Waals surface area contributed by atoms with E-state index >= 15 is 0 Å². The van der Waals surface area contributed by atoms with Crippen LogP contribution in [0.5, 0.6) is 0 Å². The molecule has 1 heterocycles. The monoisotopic (exact) mass is 148 g/mol. The van der Waals surface area contributed by atoms with Gasteiger partial charge in [0.25, 0.3) is 5.56 Å². The van der Waals surface area contributed by atoms with Crippen molar-refractivity contribution < 1.29 is 0 Å². The first-order chi connectivity index (χ1) is 5.38. The highest BCUT2D eigenvalue weighted by Crippen LogP contribution is 1.91. The summed E-state index contributed by atoms with van der Waals surface area (Å²) < 4.78 is 0. The minimum atomic E-state index is -0.0848. The largest absolute Gasteiger partial charge is 0.271 e. The third kappa shape index (κ3) is 0.981. The van der Waals surface area contributed by atoms with Crippen LogP contribution in [0, 0.1) is 0 Å². The van der Waals surface area contributed by atoms with Crippen LogP contribution in [0.1, 0.15) is 12.8 Å². The Morgan fingerprint density at radius 1 is 1.36 bits per heavy atom. The highest BCUT2D eigenvalue weighted by Gasteiger charge is 1.95. The summed E-state index contributed by atoms with van der Waals surface area (Å²) in [5, 5.41) is 7.84. The van der Waals surface area contributed by atoms with Crippen LogP contribution in [0.2, 0.25) is 0 Å².